The molecule has 0 radical (unpaired) electrons. The summed E-state index contributed by atoms with van der Waals surface area (Å²) < 4.78 is 23.5. The van der Waals surface area contributed by atoms with E-state index in [0.717, 1.165) is 44.9 Å². The first kappa shape index (κ1) is 42.4. The van der Waals surface area contributed by atoms with Crippen molar-refractivity contribution in [3.05, 3.63) is 11.6 Å². The van der Waals surface area contributed by atoms with Crippen LogP contribution in [0.25, 0.3) is 0 Å². The number of esters is 1. The van der Waals surface area contributed by atoms with Crippen LogP contribution >= 0.6 is 0 Å². The van der Waals surface area contributed by atoms with Gasteiger partial charge in [-0.15, -0.1) is 0 Å². The van der Waals surface area contributed by atoms with E-state index in [0.29, 0.717) is 25.2 Å². The molecule has 6 fully saturated rings. The van der Waals surface area contributed by atoms with Crippen molar-refractivity contribution in [2.75, 3.05) is 6.61 Å². The van der Waals surface area contributed by atoms with Crippen molar-refractivity contribution in [1.82, 2.24) is 0 Å². The molecule has 5 aliphatic carbocycles. The van der Waals surface area contributed by atoms with Crippen molar-refractivity contribution in [3.63, 3.8) is 0 Å². The van der Waals surface area contributed by atoms with Crippen molar-refractivity contribution in [1.29, 1.82) is 0 Å². The molecule has 2 unspecified atom stereocenters. The predicted molar refractivity (Wildman–Crippen MR) is 198 cm³/mol. The minimum absolute atomic E-state index is 0.0330. The van der Waals surface area contributed by atoms with Crippen molar-refractivity contribution < 1.29 is 69.4 Å². The molecule has 7 aliphatic rings. The molecule has 2 aliphatic heterocycles. The van der Waals surface area contributed by atoms with E-state index in [1.165, 1.54) is 5.57 Å². The summed E-state index contributed by atoms with van der Waals surface area (Å²) in [5.74, 6) is -1.52. The topological polar surface area (TPSA) is 233 Å². The van der Waals surface area contributed by atoms with Gasteiger partial charge in [0.1, 0.15) is 42.7 Å². The summed E-state index contributed by atoms with van der Waals surface area (Å²) in [6, 6.07) is 0. The van der Waals surface area contributed by atoms with Gasteiger partial charge in [-0.1, -0.05) is 60.1 Å². The van der Waals surface area contributed by atoms with Crippen LogP contribution < -0.4 is 0 Å². The summed E-state index contributed by atoms with van der Waals surface area (Å²) in [5, 5.41) is 82.4. The number of hydrogen-bond donors (Lipinski definition) is 8. The van der Waals surface area contributed by atoms with Gasteiger partial charge in [0.2, 0.25) is 6.29 Å². The second-order valence-electron chi connectivity index (χ2n) is 20.7. The summed E-state index contributed by atoms with van der Waals surface area (Å²) in [7, 11) is 0. The fraction of sp³-hybridized carbons (Fsp3) is 0.905. The molecule has 7 rings (SSSR count). The van der Waals surface area contributed by atoms with Gasteiger partial charge in [0, 0.05) is 0 Å². The molecular formula is C42H66O14. The summed E-state index contributed by atoms with van der Waals surface area (Å²) in [6.45, 7) is 15.5. The fourth-order valence-electron chi connectivity index (χ4n) is 13.5. The van der Waals surface area contributed by atoms with E-state index in [4.69, 9.17) is 18.9 Å². The van der Waals surface area contributed by atoms with Crippen LogP contribution in [-0.4, -0.2) is 127 Å². The zero-order valence-electron chi connectivity index (χ0n) is 34.0. The molecule has 18 atom stereocenters. The average Bonchev–Trinajstić information content (AvgIpc) is 3.12. The molecule has 4 saturated carbocycles. The van der Waals surface area contributed by atoms with Crippen LogP contribution in [0.2, 0.25) is 0 Å². The number of carbonyl (C=O) groups is 2. The lowest BCUT2D eigenvalue weighted by Crippen LogP contribution is -2.66. The normalized spacial score (nSPS) is 52.3. The van der Waals surface area contributed by atoms with Gasteiger partial charge < -0.3 is 59.8 Å². The molecule has 0 aromatic carbocycles. The number of aliphatic hydroxyl groups excluding tert-OH is 7. The number of aliphatic carboxylic acids is 1. The van der Waals surface area contributed by atoms with Crippen LogP contribution in [0.5, 0.6) is 0 Å². The van der Waals surface area contributed by atoms with Gasteiger partial charge >= 0.3 is 11.9 Å². The Morgan fingerprint density at radius 2 is 1.39 bits per heavy atom. The molecule has 0 amide bonds. The number of rotatable bonds is 6. The summed E-state index contributed by atoms with van der Waals surface area (Å²) in [5.41, 5.74) is -0.448. The van der Waals surface area contributed by atoms with Crippen LogP contribution in [0.3, 0.4) is 0 Å². The molecule has 0 bridgehead atoms. The Kier molecular flexibility index (Phi) is 10.8. The molecule has 56 heavy (non-hydrogen) atoms. The van der Waals surface area contributed by atoms with E-state index >= 15 is 0 Å². The molecule has 8 N–H and O–H groups in total. The lowest BCUT2D eigenvalue weighted by molar-refractivity contribution is -0.324. The SMILES string of the molecule is CC1(C)CC[C@]2(C(=O)O[C@@H]3O[C@H](CO)[C@@H](O)[C@H](O)[C@H]3O)CC[C@]3(C)C(=CCC4[C@@]5(C)CC[C@@H](O[C@@H]6O[C@H](C(=O)O)[C@@H](O)[C@H](O)[C@H]6O)C(C)(C)C5CC[C@]43C)[C@H]2C1. The number of ether oxygens (including phenoxy) is 4. The van der Waals surface area contributed by atoms with Crippen LogP contribution in [-0.2, 0) is 28.5 Å². The van der Waals surface area contributed by atoms with Crippen molar-refractivity contribution >= 4 is 11.9 Å². The Labute approximate surface area is 329 Å². The van der Waals surface area contributed by atoms with E-state index in [2.05, 4.69) is 54.5 Å². The lowest BCUT2D eigenvalue weighted by Gasteiger charge is -2.71. The third-order valence-corrected chi connectivity index (χ3v) is 17.2. The third kappa shape index (κ3) is 6.17. The summed E-state index contributed by atoms with van der Waals surface area (Å²) >= 11 is 0. The molecule has 318 valence electrons. The van der Waals surface area contributed by atoms with E-state index in [1.807, 2.05) is 0 Å². The number of carbonyl (C=O) groups excluding carboxylic acids is 1. The Morgan fingerprint density at radius 1 is 0.750 bits per heavy atom. The minimum atomic E-state index is -1.79. The zero-order chi connectivity index (χ0) is 41.1. The molecular weight excluding hydrogens is 728 g/mol. The van der Waals surface area contributed by atoms with Crippen LogP contribution in [0.4, 0.5) is 0 Å². The second-order valence-corrected chi connectivity index (χ2v) is 20.7. The van der Waals surface area contributed by atoms with E-state index in [1.54, 1.807) is 0 Å². The molecule has 2 heterocycles. The number of carboxylic acids is 1. The Hall–Kier alpha value is -1.72. The molecule has 14 heteroatoms. The Bertz CT molecular complexity index is 1560. The van der Waals surface area contributed by atoms with Gasteiger partial charge in [-0.05, 0) is 109 Å². The highest BCUT2D eigenvalue weighted by Gasteiger charge is 2.70. The van der Waals surface area contributed by atoms with Crippen LogP contribution in [0, 0.1) is 50.2 Å². The first-order valence-electron chi connectivity index (χ1n) is 20.8. The molecule has 14 nitrogen and oxygen atoms in total. The van der Waals surface area contributed by atoms with Gasteiger partial charge in [-0.25, -0.2) is 4.79 Å². The predicted octanol–water partition coefficient (Wildman–Crippen LogP) is 2.41. The van der Waals surface area contributed by atoms with E-state index in [9.17, 15) is 50.4 Å². The molecule has 0 aromatic rings. The first-order chi connectivity index (χ1) is 26.0. The average molecular weight is 795 g/mol. The number of hydrogen-bond acceptors (Lipinski definition) is 13. The van der Waals surface area contributed by atoms with Gasteiger partial charge in [0.15, 0.2) is 12.4 Å². The smallest absolute Gasteiger partial charge is 0.335 e. The summed E-state index contributed by atoms with van der Waals surface area (Å²) in [4.78, 5) is 26.4. The van der Waals surface area contributed by atoms with Crippen molar-refractivity contribution in [3.8, 4) is 0 Å². The maximum absolute atomic E-state index is 14.6. The highest BCUT2D eigenvalue weighted by atomic mass is 16.7. The number of fused-ring (bicyclic) bond motifs is 7. The third-order valence-electron chi connectivity index (χ3n) is 17.2. The monoisotopic (exact) mass is 794 g/mol. The molecule has 0 spiro atoms. The summed E-state index contributed by atoms with van der Waals surface area (Å²) in [6.07, 6.45) is -6.14. The zero-order valence-corrected chi connectivity index (χ0v) is 34.0. The highest BCUT2D eigenvalue weighted by Crippen LogP contribution is 2.76. The quantitative estimate of drug-likeness (QED) is 0.110. The van der Waals surface area contributed by atoms with E-state index in [-0.39, 0.29) is 33.5 Å². The van der Waals surface area contributed by atoms with Gasteiger partial charge in [-0.3, -0.25) is 4.79 Å². The van der Waals surface area contributed by atoms with E-state index < -0.39 is 96.9 Å². The largest absolute Gasteiger partial charge is 0.479 e. The Balaban J connectivity index is 1.16. The molecule has 2 saturated heterocycles. The maximum Gasteiger partial charge on any atom is 0.335 e. The Morgan fingerprint density at radius 3 is 2.05 bits per heavy atom. The van der Waals surface area contributed by atoms with Gasteiger partial charge in [-0.2, -0.15) is 0 Å². The van der Waals surface area contributed by atoms with Gasteiger partial charge in [0.05, 0.1) is 18.1 Å². The lowest BCUT2D eigenvalue weighted by atomic mass is 9.33. The second kappa shape index (κ2) is 14.2. The molecule has 0 aromatic heterocycles. The fourth-order valence-corrected chi connectivity index (χ4v) is 13.5. The number of carboxylic acid groups (broad SMARTS) is 1. The van der Waals surface area contributed by atoms with Crippen LogP contribution in [0.15, 0.2) is 11.6 Å². The van der Waals surface area contributed by atoms with Crippen molar-refractivity contribution in [2.45, 2.75) is 180 Å². The maximum atomic E-state index is 14.6. The van der Waals surface area contributed by atoms with Gasteiger partial charge in [0.25, 0.3) is 0 Å². The van der Waals surface area contributed by atoms with Crippen molar-refractivity contribution in [2.24, 2.45) is 50.2 Å². The van der Waals surface area contributed by atoms with Crippen LogP contribution in [0.1, 0.15) is 113 Å². The standard InChI is InChI=1S/C42H66O14/c1-37(2)14-16-42(36(52)56-34-30(48)27(45)26(44)22(19-43)53-34)17-15-40(6)20(21(42)18-37)8-9-24-39(5)12-11-25(38(3,4)23(39)10-13-41(24,40)7)54-35-31(49)28(46)29(47)32(55-35)33(50)51/h8,21-32,34-35,43-49H,9-19H2,1-7H3,(H,50,51)/t21-,22-,23?,24?,25-,26-,27+,28+,29+,30-,31-,32+,34+,35-,39+,40-,41-,42+/m1/s1. The first-order valence-corrected chi connectivity index (χ1v) is 20.8. The minimum Gasteiger partial charge on any atom is -0.479 e. The highest BCUT2D eigenvalue weighted by molar-refractivity contribution is 5.79. The number of allylic oxidation sites excluding steroid dienone is 2. The number of aliphatic hydroxyl groups is 7.